The number of benzene rings is 1. The minimum Gasteiger partial charge on any atom is -0.364 e. The molecule has 0 aliphatic carbocycles. The van der Waals surface area contributed by atoms with Crippen molar-refractivity contribution in [3.63, 3.8) is 0 Å². The van der Waals surface area contributed by atoms with Gasteiger partial charge in [-0.15, -0.1) is 0 Å². The number of aromatic nitrogens is 2. The first-order chi connectivity index (χ1) is 8.27. The van der Waals surface area contributed by atoms with Crippen molar-refractivity contribution in [2.45, 2.75) is 0 Å². The summed E-state index contributed by atoms with van der Waals surface area (Å²) in [6, 6.07) is 9.40. The van der Waals surface area contributed by atoms with Crippen molar-refractivity contribution in [1.82, 2.24) is 9.72 Å². The van der Waals surface area contributed by atoms with E-state index in [2.05, 4.69) is 5.16 Å². The summed E-state index contributed by atoms with van der Waals surface area (Å²) in [5, 5.41) is 4.58. The van der Waals surface area contributed by atoms with Crippen LogP contribution in [0.25, 0.3) is 16.6 Å². The second-order valence-electron chi connectivity index (χ2n) is 3.67. The summed E-state index contributed by atoms with van der Waals surface area (Å²) in [5.74, 6) is -0.484. The lowest BCUT2D eigenvalue weighted by Gasteiger charge is -2.04. The van der Waals surface area contributed by atoms with Crippen molar-refractivity contribution in [3.8, 4) is 5.69 Å². The van der Waals surface area contributed by atoms with E-state index >= 15 is 0 Å². The van der Waals surface area contributed by atoms with Gasteiger partial charge in [-0.3, -0.25) is 4.79 Å². The van der Waals surface area contributed by atoms with Gasteiger partial charge in [-0.05, 0) is 12.1 Å². The Bertz CT molecular complexity index is 683. The molecule has 84 valence electrons. The normalized spacial score (nSPS) is 10.8. The molecular weight excluding hydrogens is 218 g/mol. The molecule has 0 unspecified atom stereocenters. The quantitative estimate of drug-likeness (QED) is 0.724. The summed E-state index contributed by atoms with van der Waals surface area (Å²) >= 11 is 0. The maximum Gasteiger partial charge on any atom is 0.265 e. The Labute approximate surface area is 96.4 Å². The number of nitrogens with two attached hydrogens (primary N) is 1. The highest BCUT2D eigenvalue weighted by molar-refractivity contribution is 5.98. The summed E-state index contributed by atoms with van der Waals surface area (Å²) < 4.78 is 6.53. The van der Waals surface area contributed by atoms with Crippen molar-refractivity contribution in [2.75, 3.05) is 0 Å². The van der Waals surface area contributed by atoms with Crippen molar-refractivity contribution in [3.05, 3.63) is 48.5 Å². The zero-order valence-electron chi connectivity index (χ0n) is 8.83. The lowest BCUT2D eigenvalue weighted by atomic mass is 10.2. The third-order valence-corrected chi connectivity index (χ3v) is 2.64. The number of carbonyl (C=O) groups is 1. The molecule has 1 amide bonds. The number of fused-ring (bicyclic) bond motifs is 1. The highest BCUT2D eigenvalue weighted by Crippen LogP contribution is 2.23. The van der Waals surface area contributed by atoms with Crippen LogP contribution in [0.1, 0.15) is 10.5 Å². The first kappa shape index (κ1) is 9.65. The van der Waals surface area contributed by atoms with Crippen LogP contribution in [0, 0.1) is 0 Å². The van der Waals surface area contributed by atoms with Crippen molar-refractivity contribution in [2.24, 2.45) is 5.73 Å². The lowest BCUT2D eigenvalue weighted by Crippen LogP contribution is -2.15. The summed E-state index contributed by atoms with van der Waals surface area (Å²) in [7, 11) is 0. The van der Waals surface area contributed by atoms with Crippen LogP contribution in [0.15, 0.2) is 47.3 Å². The zero-order valence-corrected chi connectivity index (χ0v) is 8.83. The van der Waals surface area contributed by atoms with E-state index in [0.717, 1.165) is 10.9 Å². The van der Waals surface area contributed by atoms with Gasteiger partial charge in [0.05, 0.1) is 11.7 Å². The molecule has 0 atom stereocenters. The Hall–Kier alpha value is -2.56. The molecule has 2 aromatic heterocycles. The van der Waals surface area contributed by atoms with Crippen molar-refractivity contribution < 1.29 is 9.32 Å². The summed E-state index contributed by atoms with van der Waals surface area (Å²) in [4.78, 5) is 11.4. The minimum atomic E-state index is -0.484. The van der Waals surface area contributed by atoms with Crippen LogP contribution >= 0.6 is 0 Å². The highest BCUT2D eigenvalue weighted by atomic mass is 16.5. The van der Waals surface area contributed by atoms with E-state index in [9.17, 15) is 4.79 Å². The molecule has 0 spiro atoms. The van der Waals surface area contributed by atoms with E-state index in [0.29, 0.717) is 11.4 Å². The molecule has 0 aliphatic rings. The van der Waals surface area contributed by atoms with Gasteiger partial charge in [0.25, 0.3) is 5.91 Å². The zero-order chi connectivity index (χ0) is 11.8. The third-order valence-electron chi connectivity index (χ3n) is 2.64. The Kier molecular flexibility index (Phi) is 1.98. The van der Waals surface area contributed by atoms with E-state index in [1.165, 1.54) is 6.26 Å². The predicted molar refractivity (Wildman–Crippen MR) is 61.9 cm³/mol. The monoisotopic (exact) mass is 227 g/mol. The van der Waals surface area contributed by atoms with Gasteiger partial charge in [0.1, 0.15) is 17.6 Å². The van der Waals surface area contributed by atoms with Crippen LogP contribution in [0.4, 0.5) is 0 Å². The topological polar surface area (TPSA) is 74.1 Å². The molecule has 3 rings (SSSR count). The fourth-order valence-corrected chi connectivity index (χ4v) is 1.92. The molecular formula is C12H9N3O2. The number of hydrogen-bond donors (Lipinski definition) is 1. The van der Waals surface area contributed by atoms with Crippen LogP contribution in [-0.2, 0) is 0 Å². The van der Waals surface area contributed by atoms with Crippen LogP contribution < -0.4 is 5.73 Å². The van der Waals surface area contributed by atoms with Crippen LogP contribution in [0.5, 0.6) is 0 Å². The van der Waals surface area contributed by atoms with Crippen molar-refractivity contribution >= 4 is 16.8 Å². The number of hydrogen-bond acceptors (Lipinski definition) is 3. The Morgan fingerprint density at radius 1 is 1.35 bits per heavy atom. The largest absolute Gasteiger partial charge is 0.364 e. The summed E-state index contributed by atoms with van der Waals surface area (Å²) in [5.41, 5.74) is 7.36. The SMILES string of the molecule is NC(=O)c1cc2ccccc2n1-c1cnoc1. The fourth-order valence-electron chi connectivity index (χ4n) is 1.92. The van der Waals surface area contributed by atoms with Gasteiger partial charge < -0.3 is 14.8 Å². The molecule has 0 radical (unpaired) electrons. The predicted octanol–water partition coefficient (Wildman–Crippen LogP) is 1.72. The third kappa shape index (κ3) is 1.40. The number of nitrogens with zero attached hydrogens (tertiary/aromatic N) is 2. The number of rotatable bonds is 2. The average Bonchev–Trinajstić information content (AvgIpc) is 2.94. The van der Waals surface area contributed by atoms with Crippen LogP contribution in [0.2, 0.25) is 0 Å². The summed E-state index contributed by atoms with van der Waals surface area (Å²) in [6.07, 6.45) is 3.01. The maximum absolute atomic E-state index is 11.4. The van der Waals surface area contributed by atoms with Crippen molar-refractivity contribution in [1.29, 1.82) is 0 Å². The van der Waals surface area contributed by atoms with E-state index in [-0.39, 0.29) is 0 Å². The van der Waals surface area contributed by atoms with Gasteiger partial charge in [-0.1, -0.05) is 23.4 Å². The van der Waals surface area contributed by atoms with Gasteiger partial charge in [0.15, 0.2) is 0 Å². The second kappa shape index (κ2) is 3.48. The van der Waals surface area contributed by atoms with E-state index in [1.807, 2.05) is 24.3 Å². The molecule has 3 aromatic rings. The molecule has 0 saturated carbocycles. The molecule has 5 heteroatoms. The standard InChI is InChI=1S/C12H9N3O2/c13-12(16)11-5-8-3-1-2-4-10(8)15(11)9-6-14-17-7-9/h1-7H,(H2,13,16). The molecule has 0 bridgehead atoms. The Morgan fingerprint density at radius 3 is 2.88 bits per heavy atom. The molecule has 0 saturated heterocycles. The molecule has 0 aliphatic heterocycles. The number of para-hydroxylation sites is 1. The smallest absolute Gasteiger partial charge is 0.265 e. The van der Waals surface area contributed by atoms with E-state index in [4.69, 9.17) is 10.3 Å². The first-order valence-corrected chi connectivity index (χ1v) is 5.07. The van der Waals surface area contributed by atoms with E-state index in [1.54, 1.807) is 16.8 Å². The molecule has 17 heavy (non-hydrogen) atoms. The molecule has 2 N–H and O–H groups in total. The van der Waals surface area contributed by atoms with Gasteiger partial charge >= 0.3 is 0 Å². The summed E-state index contributed by atoms with van der Waals surface area (Å²) in [6.45, 7) is 0. The molecule has 5 nitrogen and oxygen atoms in total. The van der Waals surface area contributed by atoms with E-state index < -0.39 is 5.91 Å². The van der Waals surface area contributed by atoms with Crippen LogP contribution in [-0.4, -0.2) is 15.6 Å². The molecule has 1 aromatic carbocycles. The maximum atomic E-state index is 11.4. The number of primary amides is 1. The Balaban J connectivity index is 2.40. The van der Waals surface area contributed by atoms with Gasteiger partial charge in [-0.25, -0.2) is 0 Å². The number of carbonyl (C=O) groups excluding carboxylic acids is 1. The van der Waals surface area contributed by atoms with Gasteiger partial charge in [0, 0.05) is 5.39 Å². The average molecular weight is 227 g/mol. The highest BCUT2D eigenvalue weighted by Gasteiger charge is 2.15. The molecule has 0 fully saturated rings. The minimum absolute atomic E-state index is 0.411. The Morgan fingerprint density at radius 2 is 2.18 bits per heavy atom. The molecule has 2 heterocycles. The second-order valence-corrected chi connectivity index (χ2v) is 3.67. The van der Waals surface area contributed by atoms with Gasteiger partial charge in [-0.2, -0.15) is 0 Å². The van der Waals surface area contributed by atoms with Crippen LogP contribution in [0.3, 0.4) is 0 Å². The first-order valence-electron chi connectivity index (χ1n) is 5.07. The number of amides is 1. The van der Waals surface area contributed by atoms with Gasteiger partial charge in [0.2, 0.25) is 0 Å². The lowest BCUT2D eigenvalue weighted by molar-refractivity contribution is 0.0994. The fraction of sp³-hybridized carbons (Fsp3) is 0.